The van der Waals surface area contributed by atoms with Crippen molar-refractivity contribution in [1.29, 1.82) is 0 Å². The molecular weight excluding hydrogens is 366 g/mol. The van der Waals surface area contributed by atoms with E-state index in [1.807, 2.05) is 24.3 Å². The lowest BCUT2D eigenvalue weighted by Gasteiger charge is -2.24. The Morgan fingerprint density at radius 1 is 0.966 bits per heavy atom. The van der Waals surface area contributed by atoms with E-state index >= 15 is 0 Å². The first kappa shape index (κ1) is 22.4. The molecule has 0 heterocycles. The molecule has 0 aliphatic carbocycles. The molecule has 6 heteroatoms. The second kappa shape index (κ2) is 9.56. The van der Waals surface area contributed by atoms with Gasteiger partial charge in [0.05, 0.1) is 19.7 Å². The number of carbonyl (C=O) groups excluding carboxylic acids is 2. The molecule has 0 saturated carbocycles. The van der Waals surface area contributed by atoms with Gasteiger partial charge in [-0.3, -0.25) is 14.5 Å². The zero-order chi connectivity index (χ0) is 21.6. The molecule has 6 nitrogen and oxygen atoms in total. The fourth-order valence-corrected chi connectivity index (χ4v) is 2.74. The van der Waals surface area contributed by atoms with Crippen LogP contribution in [0, 0.1) is 0 Å². The highest BCUT2D eigenvalue weighted by atomic mass is 16.5. The van der Waals surface area contributed by atoms with Crippen molar-refractivity contribution in [3.63, 3.8) is 0 Å². The Morgan fingerprint density at radius 2 is 1.48 bits per heavy atom. The minimum Gasteiger partial charge on any atom is -0.497 e. The van der Waals surface area contributed by atoms with Crippen LogP contribution in [0.1, 0.15) is 33.3 Å². The van der Waals surface area contributed by atoms with Crippen molar-refractivity contribution in [3.05, 3.63) is 54.1 Å². The first-order valence-electron chi connectivity index (χ1n) is 9.65. The highest BCUT2D eigenvalue weighted by molar-refractivity contribution is 5.96. The molecule has 0 aromatic heterocycles. The van der Waals surface area contributed by atoms with Crippen molar-refractivity contribution in [2.45, 2.75) is 39.2 Å². The van der Waals surface area contributed by atoms with E-state index < -0.39 is 6.04 Å². The highest BCUT2D eigenvalue weighted by Gasteiger charge is 2.21. The van der Waals surface area contributed by atoms with Crippen LogP contribution in [0.25, 0.3) is 0 Å². The molecule has 0 fully saturated rings. The number of nitrogens with zero attached hydrogens (tertiary/aromatic N) is 1. The SMILES string of the molecule is COc1ccc(NC(=O)CN(C)C(C)C(=O)Nc2ccc(C(C)(C)C)cc2)cc1. The van der Waals surface area contributed by atoms with Crippen LogP contribution in [-0.4, -0.2) is 43.5 Å². The molecule has 0 saturated heterocycles. The number of ether oxygens (including phenoxy) is 1. The third-order valence-corrected chi connectivity index (χ3v) is 4.83. The predicted molar refractivity (Wildman–Crippen MR) is 117 cm³/mol. The number of nitrogens with one attached hydrogen (secondary N) is 2. The largest absolute Gasteiger partial charge is 0.497 e. The molecule has 2 aromatic carbocycles. The number of amides is 2. The van der Waals surface area contributed by atoms with Crippen LogP contribution in [0.2, 0.25) is 0 Å². The summed E-state index contributed by atoms with van der Waals surface area (Å²) in [6.07, 6.45) is 0. The fraction of sp³-hybridized carbons (Fsp3) is 0.391. The average molecular weight is 398 g/mol. The number of rotatable bonds is 7. The van der Waals surface area contributed by atoms with E-state index in [0.717, 1.165) is 11.4 Å². The van der Waals surface area contributed by atoms with Gasteiger partial charge in [0.2, 0.25) is 11.8 Å². The minimum atomic E-state index is -0.459. The Morgan fingerprint density at radius 3 is 2.00 bits per heavy atom. The monoisotopic (exact) mass is 397 g/mol. The summed E-state index contributed by atoms with van der Waals surface area (Å²) in [6.45, 7) is 8.32. The Labute approximate surface area is 173 Å². The summed E-state index contributed by atoms with van der Waals surface area (Å²) in [5.41, 5.74) is 2.69. The van der Waals surface area contributed by atoms with Crippen LogP contribution in [-0.2, 0) is 15.0 Å². The summed E-state index contributed by atoms with van der Waals surface area (Å²) in [5.74, 6) is 0.376. The van der Waals surface area contributed by atoms with Crippen molar-refractivity contribution >= 4 is 23.2 Å². The third-order valence-electron chi connectivity index (χ3n) is 4.83. The number of carbonyl (C=O) groups is 2. The average Bonchev–Trinajstić information content (AvgIpc) is 2.67. The minimum absolute atomic E-state index is 0.0628. The maximum atomic E-state index is 12.5. The van der Waals surface area contributed by atoms with Gasteiger partial charge in [-0.1, -0.05) is 32.9 Å². The number of likely N-dealkylation sites (N-methyl/N-ethyl adjacent to an activating group) is 1. The van der Waals surface area contributed by atoms with Gasteiger partial charge in [0, 0.05) is 11.4 Å². The zero-order valence-electron chi connectivity index (χ0n) is 18.1. The first-order valence-corrected chi connectivity index (χ1v) is 9.65. The van der Waals surface area contributed by atoms with Crippen molar-refractivity contribution in [1.82, 2.24) is 4.90 Å². The van der Waals surface area contributed by atoms with Crippen LogP contribution in [0.15, 0.2) is 48.5 Å². The van der Waals surface area contributed by atoms with E-state index in [4.69, 9.17) is 4.74 Å². The highest BCUT2D eigenvalue weighted by Crippen LogP contribution is 2.23. The standard InChI is InChI=1S/C23H31N3O3/c1-16(22(28)25-19-9-7-17(8-10-19)23(2,3)4)26(5)15-21(27)24-18-11-13-20(29-6)14-12-18/h7-14,16H,15H2,1-6H3,(H,24,27)(H,25,28). The summed E-state index contributed by atoms with van der Waals surface area (Å²) < 4.78 is 5.10. The van der Waals surface area contributed by atoms with Crippen molar-refractivity contribution in [2.75, 3.05) is 31.3 Å². The molecule has 156 valence electrons. The van der Waals surface area contributed by atoms with Gasteiger partial charge >= 0.3 is 0 Å². The quantitative estimate of drug-likeness (QED) is 0.744. The van der Waals surface area contributed by atoms with E-state index in [0.29, 0.717) is 5.69 Å². The molecule has 0 spiro atoms. The van der Waals surface area contributed by atoms with Gasteiger partial charge in [-0.25, -0.2) is 0 Å². The normalized spacial score (nSPS) is 12.4. The topological polar surface area (TPSA) is 70.7 Å². The third kappa shape index (κ3) is 6.61. The van der Waals surface area contributed by atoms with Gasteiger partial charge in [-0.15, -0.1) is 0 Å². The lowest BCUT2D eigenvalue weighted by atomic mass is 9.87. The lowest BCUT2D eigenvalue weighted by Crippen LogP contribution is -2.43. The molecule has 1 unspecified atom stereocenters. The Kier molecular flexibility index (Phi) is 7.40. The predicted octanol–water partition coefficient (Wildman–Crippen LogP) is 3.89. The number of hydrogen-bond donors (Lipinski definition) is 2. The van der Waals surface area contributed by atoms with E-state index in [1.165, 1.54) is 5.56 Å². The molecular formula is C23H31N3O3. The molecule has 0 aliphatic rings. The van der Waals surface area contributed by atoms with Crippen LogP contribution in [0.5, 0.6) is 5.75 Å². The van der Waals surface area contributed by atoms with Gasteiger partial charge in [-0.2, -0.15) is 0 Å². The Balaban J connectivity index is 1.88. The number of benzene rings is 2. The van der Waals surface area contributed by atoms with Gasteiger partial charge in [0.1, 0.15) is 5.75 Å². The van der Waals surface area contributed by atoms with Crippen LogP contribution in [0.3, 0.4) is 0 Å². The molecule has 2 amide bonds. The molecule has 1 atom stereocenters. The lowest BCUT2D eigenvalue weighted by molar-refractivity contribution is -0.122. The molecule has 29 heavy (non-hydrogen) atoms. The van der Waals surface area contributed by atoms with Gasteiger partial charge in [0.15, 0.2) is 0 Å². The molecule has 0 aliphatic heterocycles. The summed E-state index contributed by atoms with van der Waals surface area (Å²) in [4.78, 5) is 26.5. The first-order chi connectivity index (χ1) is 13.6. The van der Waals surface area contributed by atoms with Crippen LogP contribution in [0.4, 0.5) is 11.4 Å². The zero-order valence-corrected chi connectivity index (χ0v) is 18.1. The van der Waals surface area contributed by atoms with Crippen molar-refractivity contribution in [2.24, 2.45) is 0 Å². The summed E-state index contributed by atoms with van der Waals surface area (Å²) in [5, 5.41) is 5.73. The number of methoxy groups -OCH3 is 1. The van der Waals surface area contributed by atoms with Crippen molar-refractivity contribution in [3.8, 4) is 5.75 Å². The Bertz CT molecular complexity index is 824. The number of anilines is 2. The van der Waals surface area contributed by atoms with Gasteiger partial charge in [-0.05, 0) is 61.3 Å². The molecule has 0 bridgehead atoms. The molecule has 0 radical (unpaired) electrons. The van der Waals surface area contributed by atoms with Crippen molar-refractivity contribution < 1.29 is 14.3 Å². The summed E-state index contributed by atoms with van der Waals surface area (Å²) in [6, 6.07) is 14.5. The maximum absolute atomic E-state index is 12.5. The van der Waals surface area contributed by atoms with E-state index in [2.05, 4.69) is 31.4 Å². The van der Waals surface area contributed by atoms with E-state index in [1.54, 1.807) is 50.2 Å². The second-order valence-electron chi connectivity index (χ2n) is 8.18. The van der Waals surface area contributed by atoms with E-state index in [9.17, 15) is 9.59 Å². The Hall–Kier alpha value is -2.86. The molecule has 2 N–H and O–H groups in total. The fourth-order valence-electron chi connectivity index (χ4n) is 2.74. The molecule has 2 rings (SSSR count). The maximum Gasteiger partial charge on any atom is 0.241 e. The second-order valence-corrected chi connectivity index (χ2v) is 8.18. The van der Waals surface area contributed by atoms with E-state index in [-0.39, 0.29) is 23.8 Å². The van der Waals surface area contributed by atoms with Crippen LogP contribution >= 0.6 is 0 Å². The van der Waals surface area contributed by atoms with Crippen LogP contribution < -0.4 is 15.4 Å². The van der Waals surface area contributed by atoms with Gasteiger partial charge in [0.25, 0.3) is 0 Å². The summed E-state index contributed by atoms with van der Waals surface area (Å²) >= 11 is 0. The summed E-state index contributed by atoms with van der Waals surface area (Å²) in [7, 11) is 3.34. The smallest absolute Gasteiger partial charge is 0.241 e. The number of hydrogen-bond acceptors (Lipinski definition) is 4. The molecule has 2 aromatic rings. The van der Waals surface area contributed by atoms with Gasteiger partial charge < -0.3 is 15.4 Å².